The molecule has 1 aliphatic heterocycles. The van der Waals surface area contributed by atoms with Gasteiger partial charge in [0.2, 0.25) is 5.91 Å². The molecule has 0 fully saturated rings. The highest BCUT2D eigenvalue weighted by atomic mass is 32.2. The Hall–Kier alpha value is -2.73. The second-order valence-corrected chi connectivity index (χ2v) is 7.48. The molecular formula is C21H23N3O2S. The largest absolute Gasteiger partial charge is 0.371 e. The van der Waals surface area contributed by atoms with Crippen LogP contribution < -0.4 is 16.0 Å². The Bertz CT molecular complexity index is 849. The molecule has 27 heavy (non-hydrogen) atoms. The lowest BCUT2D eigenvalue weighted by Crippen LogP contribution is -2.40. The van der Waals surface area contributed by atoms with Gasteiger partial charge in [0.25, 0.3) is 5.91 Å². The summed E-state index contributed by atoms with van der Waals surface area (Å²) >= 11 is 1.72. The summed E-state index contributed by atoms with van der Waals surface area (Å²) in [6.45, 7) is 6.05. The molecule has 3 N–H and O–H groups in total. The fourth-order valence-corrected chi connectivity index (χ4v) is 3.77. The lowest BCUT2D eigenvalue weighted by atomic mass is 10.1. The quantitative estimate of drug-likeness (QED) is 0.641. The molecule has 0 spiro atoms. The first-order valence-corrected chi connectivity index (χ1v) is 9.96. The van der Waals surface area contributed by atoms with E-state index < -0.39 is 0 Å². The van der Waals surface area contributed by atoms with E-state index in [4.69, 9.17) is 0 Å². The average Bonchev–Trinajstić information content (AvgIpc) is 2.67. The first-order valence-electron chi connectivity index (χ1n) is 8.80. The maximum absolute atomic E-state index is 12.4. The molecule has 0 bridgehead atoms. The van der Waals surface area contributed by atoms with Gasteiger partial charge in [0.05, 0.1) is 11.4 Å². The van der Waals surface area contributed by atoms with Gasteiger partial charge in [-0.25, -0.2) is 0 Å². The fourth-order valence-electron chi connectivity index (χ4n) is 2.75. The van der Waals surface area contributed by atoms with Crippen molar-refractivity contribution in [2.75, 3.05) is 22.9 Å². The standard InChI is InChI=1S/C21H23N3O2S/c1-3-10-22-20(25)16-8-9-17-18(11-16)24-21(26)19(23-17)13-27-12-15-6-4-14(2)5-7-15/h3-9,11,19,23H,1,10,12-13H2,2H3,(H,22,25)(H,24,26). The number of carbonyl (C=O) groups excluding carboxylic acids is 2. The molecule has 2 aromatic carbocycles. The van der Waals surface area contributed by atoms with Crippen LogP contribution in [0.15, 0.2) is 55.1 Å². The Balaban J connectivity index is 1.59. The Morgan fingerprint density at radius 1 is 1.22 bits per heavy atom. The summed E-state index contributed by atoms with van der Waals surface area (Å²) in [4.78, 5) is 24.4. The molecule has 1 heterocycles. The third-order valence-corrected chi connectivity index (χ3v) is 5.37. The van der Waals surface area contributed by atoms with Gasteiger partial charge >= 0.3 is 0 Å². The molecule has 6 heteroatoms. The smallest absolute Gasteiger partial charge is 0.251 e. The number of rotatable bonds is 7. The molecule has 0 aliphatic carbocycles. The van der Waals surface area contributed by atoms with Crippen molar-refractivity contribution in [3.05, 3.63) is 71.8 Å². The number of hydrogen-bond donors (Lipinski definition) is 3. The monoisotopic (exact) mass is 381 g/mol. The van der Waals surface area contributed by atoms with Crippen molar-refractivity contribution in [2.45, 2.75) is 18.7 Å². The molecule has 3 rings (SSSR count). The van der Waals surface area contributed by atoms with Gasteiger partial charge in [-0.3, -0.25) is 9.59 Å². The number of hydrogen-bond acceptors (Lipinski definition) is 4. The number of benzene rings is 2. The lowest BCUT2D eigenvalue weighted by Gasteiger charge is -2.27. The van der Waals surface area contributed by atoms with Crippen molar-refractivity contribution in [1.82, 2.24) is 5.32 Å². The summed E-state index contributed by atoms with van der Waals surface area (Å²) in [6.07, 6.45) is 1.62. The van der Waals surface area contributed by atoms with Gasteiger partial charge in [0, 0.05) is 23.6 Å². The topological polar surface area (TPSA) is 70.2 Å². The Kier molecular flexibility index (Phi) is 6.19. The molecule has 1 unspecified atom stereocenters. The van der Waals surface area contributed by atoms with Crippen LogP contribution in [-0.2, 0) is 10.5 Å². The van der Waals surface area contributed by atoms with Crippen molar-refractivity contribution in [1.29, 1.82) is 0 Å². The second-order valence-electron chi connectivity index (χ2n) is 6.45. The average molecular weight is 382 g/mol. The van der Waals surface area contributed by atoms with Gasteiger partial charge in [0.1, 0.15) is 6.04 Å². The Morgan fingerprint density at radius 2 is 2.00 bits per heavy atom. The summed E-state index contributed by atoms with van der Waals surface area (Å²) in [7, 11) is 0. The lowest BCUT2D eigenvalue weighted by molar-refractivity contribution is -0.116. The number of carbonyl (C=O) groups is 2. The highest BCUT2D eigenvalue weighted by Crippen LogP contribution is 2.29. The minimum Gasteiger partial charge on any atom is -0.371 e. The van der Waals surface area contributed by atoms with Gasteiger partial charge in [-0.15, -0.1) is 6.58 Å². The molecule has 2 amide bonds. The second kappa shape index (κ2) is 8.77. The van der Waals surface area contributed by atoms with Gasteiger partial charge in [-0.1, -0.05) is 35.9 Å². The molecule has 5 nitrogen and oxygen atoms in total. The van der Waals surface area contributed by atoms with Crippen molar-refractivity contribution in [3.63, 3.8) is 0 Å². The zero-order valence-electron chi connectivity index (χ0n) is 15.2. The van der Waals surface area contributed by atoms with Crippen LogP contribution in [0.4, 0.5) is 11.4 Å². The summed E-state index contributed by atoms with van der Waals surface area (Å²) in [5.41, 5.74) is 4.45. The van der Waals surface area contributed by atoms with E-state index in [1.165, 1.54) is 11.1 Å². The van der Waals surface area contributed by atoms with Crippen molar-refractivity contribution in [3.8, 4) is 0 Å². The van der Waals surface area contributed by atoms with E-state index >= 15 is 0 Å². The van der Waals surface area contributed by atoms with E-state index in [9.17, 15) is 9.59 Å². The number of anilines is 2. The number of fused-ring (bicyclic) bond motifs is 1. The third-order valence-electron chi connectivity index (χ3n) is 4.27. The van der Waals surface area contributed by atoms with Crippen molar-refractivity contribution in [2.24, 2.45) is 0 Å². The first kappa shape index (κ1) is 19.0. The Morgan fingerprint density at radius 3 is 2.74 bits per heavy atom. The number of amides is 2. The molecule has 0 saturated carbocycles. The summed E-state index contributed by atoms with van der Waals surface area (Å²) in [5.74, 6) is 1.26. The maximum atomic E-state index is 12.4. The zero-order valence-corrected chi connectivity index (χ0v) is 16.1. The van der Waals surface area contributed by atoms with E-state index in [2.05, 4.69) is 53.7 Å². The van der Waals surface area contributed by atoms with Crippen LogP contribution in [0.25, 0.3) is 0 Å². The molecule has 1 atom stereocenters. The number of aryl methyl sites for hydroxylation is 1. The van der Waals surface area contributed by atoms with Crippen LogP contribution in [0, 0.1) is 6.92 Å². The van der Waals surface area contributed by atoms with Crippen LogP contribution >= 0.6 is 11.8 Å². The van der Waals surface area contributed by atoms with Crippen molar-refractivity contribution < 1.29 is 9.59 Å². The van der Waals surface area contributed by atoms with Gasteiger partial charge in [-0.05, 0) is 30.7 Å². The molecule has 140 valence electrons. The van der Waals surface area contributed by atoms with Crippen LogP contribution in [0.3, 0.4) is 0 Å². The first-order chi connectivity index (χ1) is 13.1. The van der Waals surface area contributed by atoms with Crippen LogP contribution in [0.1, 0.15) is 21.5 Å². The SMILES string of the molecule is C=CCNC(=O)c1ccc2c(c1)NC(=O)C(CSCc1ccc(C)cc1)N2. The normalized spacial score (nSPS) is 15.3. The maximum Gasteiger partial charge on any atom is 0.251 e. The van der Waals surface area contributed by atoms with Gasteiger partial charge in [-0.2, -0.15) is 11.8 Å². The van der Waals surface area contributed by atoms with E-state index in [1.54, 1.807) is 30.0 Å². The minimum atomic E-state index is -0.298. The Labute approximate surface area is 163 Å². The third kappa shape index (κ3) is 4.92. The van der Waals surface area contributed by atoms with Gasteiger partial charge in [0.15, 0.2) is 0 Å². The molecule has 0 aromatic heterocycles. The highest BCUT2D eigenvalue weighted by Gasteiger charge is 2.25. The number of nitrogens with one attached hydrogen (secondary N) is 3. The predicted octanol–water partition coefficient (Wildman–Crippen LogP) is 3.58. The van der Waals surface area contributed by atoms with Crippen LogP contribution in [0.5, 0.6) is 0 Å². The summed E-state index contributed by atoms with van der Waals surface area (Å²) in [5, 5.41) is 8.90. The number of thioether (sulfide) groups is 1. The fraction of sp³-hybridized carbons (Fsp3) is 0.238. The summed E-state index contributed by atoms with van der Waals surface area (Å²) in [6, 6.07) is 13.4. The molecular weight excluding hydrogens is 358 g/mol. The van der Waals surface area contributed by atoms with E-state index in [-0.39, 0.29) is 17.9 Å². The van der Waals surface area contributed by atoms with Crippen LogP contribution in [-0.4, -0.2) is 30.2 Å². The summed E-state index contributed by atoms with van der Waals surface area (Å²) < 4.78 is 0. The molecule has 1 aliphatic rings. The van der Waals surface area contributed by atoms with E-state index in [1.807, 2.05) is 6.07 Å². The molecule has 2 aromatic rings. The highest BCUT2D eigenvalue weighted by molar-refractivity contribution is 7.98. The molecule has 0 radical (unpaired) electrons. The van der Waals surface area contributed by atoms with E-state index in [0.717, 1.165) is 11.4 Å². The van der Waals surface area contributed by atoms with Crippen molar-refractivity contribution >= 4 is 35.0 Å². The minimum absolute atomic E-state index is 0.0810. The molecule has 0 saturated heterocycles. The van der Waals surface area contributed by atoms with Crippen LogP contribution in [0.2, 0.25) is 0 Å². The van der Waals surface area contributed by atoms with E-state index in [0.29, 0.717) is 23.5 Å². The predicted molar refractivity (Wildman–Crippen MR) is 112 cm³/mol. The zero-order chi connectivity index (χ0) is 19.2. The van der Waals surface area contributed by atoms with Gasteiger partial charge < -0.3 is 16.0 Å².